The second-order valence-corrected chi connectivity index (χ2v) is 8.18. The minimum Gasteiger partial charge on any atom is -0.301 e. The minimum atomic E-state index is -0.195. The number of amides is 1. The van der Waals surface area contributed by atoms with Gasteiger partial charge in [-0.2, -0.15) is 11.8 Å². The van der Waals surface area contributed by atoms with Crippen LogP contribution >= 0.6 is 34.9 Å². The van der Waals surface area contributed by atoms with Gasteiger partial charge in [0.25, 0.3) is 5.56 Å². The van der Waals surface area contributed by atoms with Crippen LogP contribution in [0.25, 0.3) is 0 Å². The van der Waals surface area contributed by atoms with Crippen LogP contribution in [0.3, 0.4) is 0 Å². The van der Waals surface area contributed by atoms with Gasteiger partial charge in [-0.1, -0.05) is 36.9 Å². The van der Waals surface area contributed by atoms with Crippen LogP contribution in [0.15, 0.2) is 9.95 Å². The molecule has 0 saturated carbocycles. The van der Waals surface area contributed by atoms with Crippen molar-refractivity contribution in [3.8, 4) is 0 Å². The first-order valence-electron chi connectivity index (χ1n) is 6.99. The van der Waals surface area contributed by atoms with E-state index in [-0.39, 0.29) is 23.1 Å². The fourth-order valence-corrected chi connectivity index (χ4v) is 4.39. The third-order valence-corrected chi connectivity index (χ3v) is 6.07. The summed E-state index contributed by atoms with van der Waals surface area (Å²) in [5.41, 5.74) is 1.47. The maximum absolute atomic E-state index is 12.0. The summed E-state index contributed by atoms with van der Waals surface area (Å²) >= 11 is 4.25. The molecular weight excluding hydrogens is 354 g/mol. The van der Waals surface area contributed by atoms with Crippen LogP contribution in [0, 0.1) is 0 Å². The van der Waals surface area contributed by atoms with E-state index in [9.17, 15) is 9.59 Å². The Morgan fingerprint density at radius 3 is 2.96 bits per heavy atom. The number of carbonyl (C=O) groups excluding carboxylic acids is 1. The molecule has 1 aliphatic rings. The average molecular weight is 369 g/mol. The quantitative estimate of drug-likeness (QED) is 0.615. The maximum Gasteiger partial charge on any atom is 0.255 e. The summed E-state index contributed by atoms with van der Waals surface area (Å²) in [6.07, 6.45) is 0. The lowest BCUT2D eigenvalue weighted by Gasteiger charge is -2.03. The van der Waals surface area contributed by atoms with E-state index in [1.54, 1.807) is 11.8 Å². The third kappa shape index (κ3) is 3.93. The Morgan fingerprint density at radius 1 is 1.39 bits per heavy atom. The summed E-state index contributed by atoms with van der Waals surface area (Å²) in [6.45, 7) is 4.05. The molecule has 0 aliphatic carbocycles. The zero-order valence-corrected chi connectivity index (χ0v) is 15.0. The molecule has 23 heavy (non-hydrogen) atoms. The number of rotatable bonds is 5. The standard InChI is InChI=1S/C13H15N5O2S3/c1-6(2)11-17-18-13(23-11)15-9(19)5-22-12-14-8-4-21-3-7(8)10(20)16-12/h6H,3-5H2,1-2H3,(H,14,16,20)(H,15,18,19). The van der Waals surface area contributed by atoms with Crippen molar-refractivity contribution < 1.29 is 4.79 Å². The molecular formula is C13H15N5O2S3. The fourth-order valence-electron chi connectivity index (χ4n) is 1.92. The number of nitrogens with one attached hydrogen (secondary N) is 2. The molecule has 2 N–H and O–H groups in total. The van der Waals surface area contributed by atoms with Crippen molar-refractivity contribution >= 4 is 45.9 Å². The molecule has 0 atom stereocenters. The number of carbonyl (C=O) groups is 1. The van der Waals surface area contributed by atoms with E-state index >= 15 is 0 Å². The van der Waals surface area contributed by atoms with Crippen molar-refractivity contribution in [2.45, 2.75) is 36.4 Å². The molecule has 3 heterocycles. The van der Waals surface area contributed by atoms with Crippen LogP contribution in [0.2, 0.25) is 0 Å². The number of aromatic nitrogens is 4. The van der Waals surface area contributed by atoms with E-state index in [1.807, 2.05) is 13.8 Å². The molecule has 122 valence electrons. The number of H-pyrrole nitrogens is 1. The summed E-state index contributed by atoms with van der Waals surface area (Å²) in [5.74, 6) is 1.70. The first kappa shape index (κ1) is 16.5. The number of aromatic amines is 1. The molecule has 0 fully saturated rings. The topological polar surface area (TPSA) is 101 Å². The SMILES string of the molecule is CC(C)c1nnc(NC(=O)CSc2nc3c(c(=O)[nH]2)CSC3)s1. The van der Waals surface area contributed by atoms with Crippen molar-refractivity contribution in [3.05, 3.63) is 26.6 Å². The number of hydrogen-bond donors (Lipinski definition) is 2. The molecule has 10 heteroatoms. The van der Waals surface area contributed by atoms with E-state index in [0.717, 1.165) is 22.0 Å². The fraction of sp³-hybridized carbons (Fsp3) is 0.462. The number of hydrogen-bond acceptors (Lipinski definition) is 8. The molecule has 0 radical (unpaired) electrons. The van der Waals surface area contributed by atoms with Crippen molar-refractivity contribution in [2.75, 3.05) is 11.1 Å². The van der Waals surface area contributed by atoms with Gasteiger partial charge < -0.3 is 4.98 Å². The smallest absolute Gasteiger partial charge is 0.255 e. The Kier molecular flexibility index (Phi) is 5.02. The van der Waals surface area contributed by atoms with Gasteiger partial charge in [0, 0.05) is 23.0 Å². The van der Waals surface area contributed by atoms with Crippen molar-refractivity contribution in [1.82, 2.24) is 20.2 Å². The van der Waals surface area contributed by atoms with Crippen LogP contribution < -0.4 is 10.9 Å². The Bertz CT molecular complexity index is 786. The highest BCUT2D eigenvalue weighted by atomic mass is 32.2. The molecule has 7 nitrogen and oxygen atoms in total. The summed E-state index contributed by atoms with van der Waals surface area (Å²) in [6, 6.07) is 0. The number of anilines is 1. The van der Waals surface area contributed by atoms with Gasteiger partial charge in [-0.25, -0.2) is 4.98 Å². The van der Waals surface area contributed by atoms with Crippen LogP contribution in [-0.4, -0.2) is 31.8 Å². The van der Waals surface area contributed by atoms with Gasteiger partial charge in [0.1, 0.15) is 5.01 Å². The van der Waals surface area contributed by atoms with E-state index in [4.69, 9.17) is 0 Å². The Balaban J connectivity index is 1.58. The Hall–Kier alpha value is -1.39. The Labute approximate surface area is 145 Å². The predicted octanol–water partition coefficient (Wildman–Crippen LogP) is 2.22. The van der Waals surface area contributed by atoms with Crippen LogP contribution in [0.4, 0.5) is 5.13 Å². The van der Waals surface area contributed by atoms with Gasteiger partial charge in [0.15, 0.2) is 5.16 Å². The third-order valence-electron chi connectivity index (χ3n) is 3.09. The monoisotopic (exact) mass is 369 g/mol. The normalized spacial score (nSPS) is 13.3. The van der Waals surface area contributed by atoms with Gasteiger partial charge in [-0.15, -0.1) is 10.2 Å². The predicted molar refractivity (Wildman–Crippen MR) is 93.2 cm³/mol. The highest BCUT2D eigenvalue weighted by Gasteiger charge is 2.18. The van der Waals surface area contributed by atoms with E-state index < -0.39 is 0 Å². The summed E-state index contributed by atoms with van der Waals surface area (Å²) < 4.78 is 0. The molecule has 2 aromatic rings. The molecule has 0 saturated heterocycles. The molecule has 0 unspecified atom stereocenters. The van der Waals surface area contributed by atoms with Gasteiger partial charge in [0.2, 0.25) is 11.0 Å². The summed E-state index contributed by atoms with van der Waals surface area (Å²) in [7, 11) is 0. The number of fused-ring (bicyclic) bond motifs is 1. The van der Waals surface area contributed by atoms with Crippen molar-refractivity contribution in [3.63, 3.8) is 0 Å². The van der Waals surface area contributed by atoms with Gasteiger partial charge in [-0.05, 0) is 0 Å². The number of thioether (sulfide) groups is 2. The minimum absolute atomic E-state index is 0.103. The highest BCUT2D eigenvalue weighted by molar-refractivity contribution is 7.99. The van der Waals surface area contributed by atoms with E-state index in [1.165, 1.54) is 23.1 Å². The molecule has 2 aromatic heterocycles. The van der Waals surface area contributed by atoms with Gasteiger partial charge in [-0.3, -0.25) is 14.9 Å². The Morgan fingerprint density at radius 2 is 2.22 bits per heavy atom. The first-order valence-corrected chi connectivity index (χ1v) is 9.94. The second-order valence-electron chi connectivity index (χ2n) is 5.23. The summed E-state index contributed by atoms with van der Waals surface area (Å²) in [4.78, 5) is 31.0. The van der Waals surface area contributed by atoms with Crippen LogP contribution in [-0.2, 0) is 16.3 Å². The average Bonchev–Trinajstić information content (AvgIpc) is 3.14. The summed E-state index contributed by atoms with van der Waals surface area (Å²) in [5, 5.41) is 12.5. The highest BCUT2D eigenvalue weighted by Crippen LogP contribution is 2.27. The molecule has 1 aliphatic heterocycles. The largest absolute Gasteiger partial charge is 0.301 e. The molecule has 0 aromatic carbocycles. The second kappa shape index (κ2) is 7.02. The zero-order valence-electron chi connectivity index (χ0n) is 12.6. The van der Waals surface area contributed by atoms with Crippen LogP contribution in [0.5, 0.6) is 0 Å². The molecule has 3 rings (SSSR count). The molecule has 1 amide bonds. The van der Waals surface area contributed by atoms with Crippen LogP contribution in [0.1, 0.15) is 36.0 Å². The van der Waals surface area contributed by atoms with Gasteiger partial charge in [0.05, 0.1) is 11.4 Å². The lowest BCUT2D eigenvalue weighted by molar-refractivity contribution is -0.113. The molecule has 0 spiro atoms. The lowest BCUT2D eigenvalue weighted by Crippen LogP contribution is -2.17. The zero-order chi connectivity index (χ0) is 16.4. The van der Waals surface area contributed by atoms with E-state index in [2.05, 4.69) is 25.5 Å². The van der Waals surface area contributed by atoms with Crippen molar-refractivity contribution in [2.24, 2.45) is 0 Å². The number of nitrogens with zero attached hydrogens (tertiary/aromatic N) is 3. The van der Waals surface area contributed by atoms with E-state index in [0.29, 0.717) is 16.0 Å². The molecule has 0 bridgehead atoms. The lowest BCUT2D eigenvalue weighted by atomic mass is 10.2. The first-order chi connectivity index (χ1) is 11.0. The van der Waals surface area contributed by atoms with Crippen molar-refractivity contribution in [1.29, 1.82) is 0 Å². The maximum atomic E-state index is 12.0. The van der Waals surface area contributed by atoms with Gasteiger partial charge >= 0.3 is 0 Å².